The molecule has 0 radical (unpaired) electrons. The van der Waals surface area contributed by atoms with Crippen molar-refractivity contribution in [3.05, 3.63) is 82.2 Å². The second-order valence-corrected chi connectivity index (χ2v) is 7.97. The van der Waals surface area contributed by atoms with Gasteiger partial charge in [-0.05, 0) is 30.5 Å². The molecule has 10 heteroatoms. The normalized spacial score (nSPS) is 18.6. The summed E-state index contributed by atoms with van der Waals surface area (Å²) in [7, 11) is 0. The Morgan fingerprint density at radius 2 is 1.67 bits per heavy atom. The molecule has 3 atom stereocenters. The predicted octanol–water partition coefficient (Wildman–Crippen LogP) is 3.54. The van der Waals surface area contributed by atoms with Crippen molar-refractivity contribution in [3.63, 3.8) is 0 Å². The van der Waals surface area contributed by atoms with Crippen molar-refractivity contribution in [1.29, 1.82) is 0 Å². The molecule has 0 saturated carbocycles. The summed E-state index contributed by atoms with van der Waals surface area (Å²) in [6, 6.07) is 15.5. The van der Waals surface area contributed by atoms with Crippen LogP contribution in [0.2, 0.25) is 0 Å². The molecule has 1 N–H and O–H groups in total. The molecule has 0 aliphatic carbocycles. The summed E-state index contributed by atoms with van der Waals surface area (Å²) in [5, 5.41) is 14.4. The number of esters is 1. The molecule has 33 heavy (non-hydrogen) atoms. The number of rotatable bonds is 8. The monoisotopic (exact) mass is 454 g/mol. The van der Waals surface area contributed by atoms with Crippen molar-refractivity contribution in [2.24, 2.45) is 5.11 Å². The van der Waals surface area contributed by atoms with E-state index in [0.29, 0.717) is 0 Å². The number of carbonyl (C=O) groups excluding carboxylic acids is 2. The summed E-state index contributed by atoms with van der Waals surface area (Å²) < 4.78 is 16.3. The second-order valence-electron chi connectivity index (χ2n) is 7.97. The minimum atomic E-state index is -1.58. The fourth-order valence-electron chi connectivity index (χ4n) is 3.56. The number of ether oxygens (including phenoxy) is 3. The third-order valence-electron chi connectivity index (χ3n) is 5.28. The van der Waals surface area contributed by atoms with Gasteiger partial charge in [0.25, 0.3) is 0 Å². The summed E-state index contributed by atoms with van der Waals surface area (Å²) in [5.41, 5.74) is 9.36. The van der Waals surface area contributed by atoms with E-state index < -0.39 is 36.0 Å². The van der Waals surface area contributed by atoms with Gasteiger partial charge in [0, 0.05) is 4.91 Å². The van der Waals surface area contributed by atoms with Crippen LogP contribution in [0.1, 0.15) is 25.0 Å². The summed E-state index contributed by atoms with van der Waals surface area (Å²) in [6.45, 7) is 3.16. The Hall–Kier alpha value is -3.59. The standard InChI is InChI=1S/C23H26N4O6/c1-23(2)27(22(30)32-14-17-11-7-4-8-12-17)18(15-33-23)20(28)19(25-26-24)21(29)31-13-16-9-5-3-6-10-16/h3-12,18-20,28H,13-15H2,1-2H3/t18-,19-,20-/m0/s1. The van der Waals surface area contributed by atoms with Gasteiger partial charge in [-0.25, -0.2) is 4.79 Å². The van der Waals surface area contributed by atoms with Crippen LogP contribution in [0.15, 0.2) is 65.8 Å². The summed E-state index contributed by atoms with van der Waals surface area (Å²) in [6.07, 6.45) is -2.31. The maximum Gasteiger partial charge on any atom is 0.412 e. The average Bonchev–Trinajstić information content (AvgIpc) is 3.15. The van der Waals surface area contributed by atoms with Crippen LogP contribution in [0.4, 0.5) is 4.79 Å². The number of hydrogen-bond donors (Lipinski definition) is 1. The van der Waals surface area contributed by atoms with Crippen LogP contribution in [0.5, 0.6) is 0 Å². The number of azide groups is 1. The van der Waals surface area contributed by atoms with E-state index in [9.17, 15) is 14.7 Å². The van der Waals surface area contributed by atoms with Crippen LogP contribution < -0.4 is 0 Å². The van der Waals surface area contributed by atoms with Crippen molar-refractivity contribution in [2.45, 2.75) is 51.0 Å². The zero-order valence-corrected chi connectivity index (χ0v) is 18.4. The number of benzene rings is 2. The number of hydrogen-bond acceptors (Lipinski definition) is 7. The lowest BCUT2D eigenvalue weighted by Crippen LogP contribution is -2.55. The molecule has 1 aliphatic heterocycles. The molecule has 2 aromatic rings. The minimum Gasteiger partial charge on any atom is -0.460 e. The van der Waals surface area contributed by atoms with Gasteiger partial charge in [0.2, 0.25) is 0 Å². The molecule has 1 amide bonds. The molecule has 0 aromatic heterocycles. The molecule has 2 aromatic carbocycles. The lowest BCUT2D eigenvalue weighted by molar-refractivity contribution is -0.150. The third kappa shape index (κ3) is 6.01. The van der Waals surface area contributed by atoms with Crippen molar-refractivity contribution in [3.8, 4) is 0 Å². The number of aliphatic hydroxyl groups is 1. The molecule has 174 valence electrons. The minimum absolute atomic E-state index is 0.0218. The molecule has 1 heterocycles. The first kappa shape index (κ1) is 24.1. The van der Waals surface area contributed by atoms with Crippen LogP contribution in [-0.2, 0) is 32.2 Å². The van der Waals surface area contributed by atoms with Gasteiger partial charge in [0.05, 0.1) is 18.8 Å². The predicted molar refractivity (Wildman–Crippen MR) is 117 cm³/mol. The maximum atomic E-state index is 12.9. The zero-order valence-electron chi connectivity index (χ0n) is 18.4. The van der Waals surface area contributed by atoms with Crippen LogP contribution in [0.25, 0.3) is 10.4 Å². The molecule has 1 fully saturated rings. The highest BCUT2D eigenvalue weighted by Gasteiger charge is 2.50. The number of carbonyl (C=O) groups is 2. The molecule has 1 aliphatic rings. The Labute approximate surface area is 191 Å². The van der Waals surface area contributed by atoms with Crippen LogP contribution in [0, 0.1) is 0 Å². The lowest BCUT2D eigenvalue weighted by Gasteiger charge is -2.35. The van der Waals surface area contributed by atoms with Crippen LogP contribution >= 0.6 is 0 Å². The van der Waals surface area contributed by atoms with Crippen LogP contribution in [-0.4, -0.2) is 52.6 Å². The zero-order chi connectivity index (χ0) is 23.8. The quantitative estimate of drug-likeness (QED) is 0.281. The third-order valence-corrected chi connectivity index (χ3v) is 5.28. The Morgan fingerprint density at radius 3 is 2.21 bits per heavy atom. The Balaban J connectivity index is 1.71. The Kier molecular flexibility index (Phi) is 7.89. The fourth-order valence-corrected chi connectivity index (χ4v) is 3.56. The highest BCUT2D eigenvalue weighted by molar-refractivity contribution is 5.77. The maximum absolute atomic E-state index is 12.9. The SMILES string of the molecule is CC1(C)OC[C@@H]([C@H](O)[C@H](N=[N+]=[N-])C(=O)OCc2ccccc2)N1C(=O)OCc1ccccc1. The van der Waals surface area contributed by atoms with Gasteiger partial charge in [-0.3, -0.25) is 9.69 Å². The molecule has 0 bridgehead atoms. The summed E-state index contributed by atoms with van der Waals surface area (Å²) in [4.78, 5) is 29.4. The Bertz CT molecular complexity index is 995. The van der Waals surface area contributed by atoms with Crippen molar-refractivity contribution in [2.75, 3.05) is 6.61 Å². The first-order chi connectivity index (χ1) is 15.8. The second kappa shape index (κ2) is 10.8. The van der Waals surface area contributed by atoms with E-state index in [1.165, 1.54) is 4.90 Å². The van der Waals surface area contributed by atoms with Gasteiger partial charge in [-0.1, -0.05) is 65.8 Å². The van der Waals surface area contributed by atoms with E-state index >= 15 is 0 Å². The molecule has 1 saturated heterocycles. The van der Waals surface area contributed by atoms with E-state index in [2.05, 4.69) is 10.0 Å². The van der Waals surface area contributed by atoms with Crippen LogP contribution in [0.3, 0.4) is 0 Å². The molecule has 10 nitrogen and oxygen atoms in total. The van der Waals surface area contributed by atoms with Gasteiger partial charge < -0.3 is 19.3 Å². The van der Waals surface area contributed by atoms with E-state index in [1.54, 1.807) is 38.1 Å². The van der Waals surface area contributed by atoms with E-state index in [0.717, 1.165) is 11.1 Å². The average molecular weight is 454 g/mol. The molecule has 0 spiro atoms. The molecule has 0 unspecified atom stereocenters. The van der Waals surface area contributed by atoms with E-state index in [1.807, 2.05) is 36.4 Å². The Morgan fingerprint density at radius 1 is 1.12 bits per heavy atom. The number of aliphatic hydroxyl groups excluding tert-OH is 1. The largest absolute Gasteiger partial charge is 0.460 e. The van der Waals surface area contributed by atoms with Crippen molar-refractivity contribution < 1.29 is 28.9 Å². The number of amides is 1. The van der Waals surface area contributed by atoms with Gasteiger partial charge in [-0.2, -0.15) is 0 Å². The molecular weight excluding hydrogens is 428 g/mol. The lowest BCUT2D eigenvalue weighted by atomic mass is 10.0. The fraction of sp³-hybridized carbons (Fsp3) is 0.391. The first-order valence-electron chi connectivity index (χ1n) is 10.4. The first-order valence-corrected chi connectivity index (χ1v) is 10.4. The van der Waals surface area contributed by atoms with Crippen molar-refractivity contribution in [1.82, 2.24) is 4.90 Å². The van der Waals surface area contributed by atoms with Gasteiger partial charge in [0.1, 0.15) is 18.9 Å². The summed E-state index contributed by atoms with van der Waals surface area (Å²) in [5.74, 6) is -0.911. The highest BCUT2D eigenvalue weighted by atomic mass is 16.6. The van der Waals surface area contributed by atoms with Gasteiger partial charge in [-0.15, -0.1) is 0 Å². The van der Waals surface area contributed by atoms with Crippen molar-refractivity contribution >= 4 is 12.1 Å². The van der Waals surface area contributed by atoms with Gasteiger partial charge >= 0.3 is 12.1 Å². The highest BCUT2D eigenvalue weighted by Crippen LogP contribution is 2.31. The number of nitrogens with zero attached hydrogens (tertiary/aromatic N) is 4. The van der Waals surface area contributed by atoms with E-state index in [-0.39, 0.29) is 19.8 Å². The molecular formula is C23H26N4O6. The van der Waals surface area contributed by atoms with Gasteiger partial charge in [0.15, 0.2) is 6.04 Å². The smallest absolute Gasteiger partial charge is 0.412 e. The molecule has 3 rings (SSSR count). The van der Waals surface area contributed by atoms with E-state index in [4.69, 9.17) is 19.7 Å². The summed E-state index contributed by atoms with van der Waals surface area (Å²) >= 11 is 0. The topological polar surface area (TPSA) is 134 Å².